The SMILES string of the molecule is CCN(C(=O)CCC1CCCCO1)C1COCC1C(=O)O. The molecule has 0 bridgehead atoms. The summed E-state index contributed by atoms with van der Waals surface area (Å²) in [5.41, 5.74) is 0. The lowest BCUT2D eigenvalue weighted by molar-refractivity contribution is -0.145. The molecule has 3 atom stereocenters. The van der Waals surface area contributed by atoms with Gasteiger partial charge in [-0.05, 0) is 32.6 Å². The summed E-state index contributed by atoms with van der Waals surface area (Å²) < 4.78 is 10.9. The van der Waals surface area contributed by atoms with E-state index in [0.29, 0.717) is 19.6 Å². The lowest BCUT2D eigenvalue weighted by atomic mass is 10.0. The molecule has 2 aliphatic heterocycles. The minimum Gasteiger partial charge on any atom is -0.481 e. The van der Waals surface area contributed by atoms with Gasteiger partial charge in [-0.1, -0.05) is 0 Å². The molecule has 2 fully saturated rings. The fourth-order valence-electron chi connectivity index (χ4n) is 3.14. The molecule has 2 heterocycles. The van der Waals surface area contributed by atoms with Crippen LogP contribution in [0.15, 0.2) is 0 Å². The van der Waals surface area contributed by atoms with Crippen molar-refractivity contribution >= 4 is 11.9 Å². The van der Waals surface area contributed by atoms with Crippen LogP contribution in [0.5, 0.6) is 0 Å². The molecular formula is C15H25NO5. The minimum absolute atomic E-state index is 0.00780. The summed E-state index contributed by atoms with van der Waals surface area (Å²) in [6.07, 6.45) is 4.60. The van der Waals surface area contributed by atoms with Gasteiger partial charge in [-0.2, -0.15) is 0 Å². The maximum absolute atomic E-state index is 12.4. The standard InChI is InChI=1S/C15H25NO5/c1-2-16(13-10-20-9-12(13)15(18)19)14(17)7-6-11-5-3-4-8-21-11/h11-13H,2-10H2,1H3,(H,18,19). The molecule has 2 aliphatic rings. The van der Waals surface area contributed by atoms with Crippen molar-refractivity contribution < 1.29 is 24.2 Å². The predicted molar refractivity (Wildman–Crippen MR) is 75.9 cm³/mol. The predicted octanol–water partition coefficient (Wildman–Crippen LogP) is 1.28. The van der Waals surface area contributed by atoms with E-state index in [1.807, 2.05) is 6.92 Å². The molecule has 0 aromatic heterocycles. The average molecular weight is 299 g/mol. The second-order valence-corrected chi connectivity index (χ2v) is 5.76. The molecule has 0 saturated carbocycles. The fourth-order valence-corrected chi connectivity index (χ4v) is 3.14. The molecule has 0 aliphatic carbocycles. The van der Waals surface area contributed by atoms with Gasteiger partial charge in [0.1, 0.15) is 5.92 Å². The van der Waals surface area contributed by atoms with Crippen molar-refractivity contribution in [1.82, 2.24) is 4.90 Å². The van der Waals surface area contributed by atoms with Crippen molar-refractivity contribution in [3.8, 4) is 0 Å². The Balaban J connectivity index is 1.87. The number of carboxylic acid groups (broad SMARTS) is 1. The number of aliphatic carboxylic acids is 1. The number of likely N-dealkylation sites (N-methyl/N-ethyl adjacent to an activating group) is 1. The van der Waals surface area contributed by atoms with Crippen LogP contribution in [0.3, 0.4) is 0 Å². The molecule has 1 amide bonds. The second kappa shape index (κ2) is 7.75. The highest BCUT2D eigenvalue weighted by molar-refractivity contribution is 5.78. The zero-order chi connectivity index (χ0) is 15.2. The van der Waals surface area contributed by atoms with E-state index in [4.69, 9.17) is 9.47 Å². The van der Waals surface area contributed by atoms with E-state index in [0.717, 1.165) is 32.3 Å². The largest absolute Gasteiger partial charge is 0.481 e. The van der Waals surface area contributed by atoms with Crippen LogP contribution in [0.1, 0.15) is 39.0 Å². The van der Waals surface area contributed by atoms with E-state index >= 15 is 0 Å². The summed E-state index contributed by atoms with van der Waals surface area (Å²) in [7, 11) is 0. The Morgan fingerprint density at radius 3 is 2.71 bits per heavy atom. The van der Waals surface area contributed by atoms with Gasteiger partial charge in [0.05, 0.1) is 25.4 Å². The topological polar surface area (TPSA) is 76.1 Å². The van der Waals surface area contributed by atoms with Gasteiger partial charge in [0.15, 0.2) is 0 Å². The minimum atomic E-state index is -0.889. The van der Waals surface area contributed by atoms with Gasteiger partial charge in [0.25, 0.3) is 0 Å². The third-order valence-electron chi connectivity index (χ3n) is 4.38. The number of ether oxygens (including phenoxy) is 2. The molecular weight excluding hydrogens is 274 g/mol. The zero-order valence-corrected chi connectivity index (χ0v) is 12.6. The highest BCUT2D eigenvalue weighted by Crippen LogP contribution is 2.22. The Morgan fingerprint density at radius 2 is 2.10 bits per heavy atom. The van der Waals surface area contributed by atoms with Crippen LogP contribution in [0.25, 0.3) is 0 Å². The third kappa shape index (κ3) is 4.17. The van der Waals surface area contributed by atoms with Gasteiger partial charge in [0.2, 0.25) is 5.91 Å². The average Bonchev–Trinajstić information content (AvgIpc) is 2.96. The van der Waals surface area contributed by atoms with E-state index in [1.165, 1.54) is 0 Å². The third-order valence-corrected chi connectivity index (χ3v) is 4.38. The number of rotatable bonds is 6. The maximum atomic E-state index is 12.4. The first-order chi connectivity index (χ1) is 10.1. The summed E-state index contributed by atoms with van der Waals surface area (Å²) >= 11 is 0. The molecule has 6 heteroatoms. The first kappa shape index (κ1) is 16.2. The molecule has 0 spiro atoms. The molecule has 2 saturated heterocycles. The molecule has 0 aromatic rings. The molecule has 1 N–H and O–H groups in total. The first-order valence-electron chi connectivity index (χ1n) is 7.85. The Hall–Kier alpha value is -1.14. The van der Waals surface area contributed by atoms with E-state index < -0.39 is 11.9 Å². The van der Waals surface area contributed by atoms with Gasteiger partial charge in [-0.3, -0.25) is 9.59 Å². The van der Waals surface area contributed by atoms with Crippen molar-refractivity contribution in [1.29, 1.82) is 0 Å². The zero-order valence-electron chi connectivity index (χ0n) is 12.6. The highest BCUT2D eigenvalue weighted by Gasteiger charge is 2.39. The summed E-state index contributed by atoms with van der Waals surface area (Å²) in [5, 5.41) is 9.21. The monoisotopic (exact) mass is 299 g/mol. The molecule has 0 radical (unpaired) electrons. The number of nitrogens with zero attached hydrogens (tertiary/aromatic N) is 1. The normalized spacial score (nSPS) is 29.3. The van der Waals surface area contributed by atoms with Crippen molar-refractivity contribution in [2.45, 2.75) is 51.2 Å². The number of hydrogen-bond donors (Lipinski definition) is 1. The van der Waals surface area contributed by atoms with Gasteiger partial charge in [0, 0.05) is 19.6 Å². The fraction of sp³-hybridized carbons (Fsp3) is 0.867. The Morgan fingerprint density at radius 1 is 1.29 bits per heavy atom. The van der Waals surface area contributed by atoms with Crippen molar-refractivity contribution in [3.05, 3.63) is 0 Å². The lowest BCUT2D eigenvalue weighted by Gasteiger charge is -2.30. The van der Waals surface area contributed by atoms with Crippen molar-refractivity contribution in [2.24, 2.45) is 5.92 Å². The van der Waals surface area contributed by atoms with E-state index in [1.54, 1.807) is 4.90 Å². The molecule has 3 unspecified atom stereocenters. The first-order valence-corrected chi connectivity index (χ1v) is 7.85. The summed E-state index contributed by atoms with van der Waals surface area (Å²) in [4.78, 5) is 25.3. The molecule has 120 valence electrons. The van der Waals surface area contributed by atoms with Gasteiger partial charge in [-0.25, -0.2) is 0 Å². The number of carbonyl (C=O) groups is 2. The molecule has 21 heavy (non-hydrogen) atoms. The Bertz CT molecular complexity index is 367. The molecule has 0 aromatic carbocycles. The number of amides is 1. The summed E-state index contributed by atoms with van der Waals surface area (Å²) in [5.74, 6) is -1.49. The van der Waals surface area contributed by atoms with E-state index in [9.17, 15) is 14.7 Å². The number of carboxylic acids is 1. The highest BCUT2D eigenvalue weighted by atomic mass is 16.5. The van der Waals surface area contributed by atoms with Crippen LogP contribution >= 0.6 is 0 Å². The van der Waals surface area contributed by atoms with Crippen LogP contribution in [0.2, 0.25) is 0 Å². The van der Waals surface area contributed by atoms with Gasteiger partial charge >= 0.3 is 5.97 Å². The number of hydrogen-bond acceptors (Lipinski definition) is 4. The van der Waals surface area contributed by atoms with Crippen molar-refractivity contribution in [3.63, 3.8) is 0 Å². The van der Waals surface area contributed by atoms with Gasteiger partial charge < -0.3 is 19.5 Å². The molecule has 6 nitrogen and oxygen atoms in total. The van der Waals surface area contributed by atoms with Crippen LogP contribution < -0.4 is 0 Å². The van der Waals surface area contributed by atoms with E-state index in [-0.39, 0.29) is 24.7 Å². The Kier molecular flexibility index (Phi) is 5.99. The quantitative estimate of drug-likeness (QED) is 0.799. The van der Waals surface area contributed by atoms with Crippen LogP contribution in [0.4, 0.5) is 0 Å². The Labute approximate surface area is 125 Å². The van der Waals surface area contributed by atoms with E-state index in [2.05, 4.69) is 0 Å². The second-order valence-electron chi connectivity index (χ2n) is 5.76. The maximum Gasteiger partial charge on any atom is 0.311 e. The summed E-state index contributed by atoms with van der Waals surface area (Å²) in [6, 6.07) is -0.340. The molecule has 2 rings (SSSR count). The van der Waals surface area contributed by atoms with Crippen molar-refractivity contribution in [2.75, 3.05) is 26.4 Å². The van der Waals surface area contributed by atoms with Gasteiger partial charge in [-0.15, -0.1) is 0 Å². The lowest BCUT2D eigenvalue weighted by Crippen LogP contribution is -2.46. The summed E-state index contributed by atoms with van der Waals surface area (Å²) in [6.45, 7) is 3.69. The smallest absolute Gasteiger partial charge is 0.311 e. The number of carbonyl (C=O) groups excluding carboxylic acids is 1. The van der Waals surface area contributed by atoms with Crippen LogP contribution in [-0.2, 0) is 19.1 Å². The van der Waals surface area contributed by atoms with Crippen LogP contribution in [0, 0.1) is 5.92 Å². The van der Waals surface area contributed by atoms with Crippen LogP contribution in [-0.4, -0.2) is 60.4 Å².